The van der Waals surface area contributed by atoms with Crippen LogP contribution in [0.1, 0.15) is 25.7 Å². The molecule has 2 rings (SSSR count). The van der Waals surface area contributed by atoms with Crippen LogP contribution in [0.4, 0.5) is 0 Å². The molecule has 0 spiro atoms. The number of ether oxygens (including phenoxy) is 1. The smallest absolute Gasteiger partial charge is 0.333 e. The van der Waals surface area contributed by atoms with Crippen molar-refractivity contribution in [3.05, 3.63) is 12.3 Å². The molecule has 0 bridgehead atoms. The summed E-state index contributed by atoms with van der Waals surface area (Å²) in [4.78, 5) is 22.0. The number of amidine groups is 1. The van der Waals surface area contributed by atoms with E-state index in [0.29, 0.717) is 0 Å². The third-order valence-electron chi connectivity index (χ3n) is 3.62. The summed E-state index contributed by atoms with van der Waals surface area (Å²) in [6, 6.07) is 0.0767. The predicted octanol–water partition coefficient (Wildman–Crippen LogP) is 1.12. The Kier molecular flexibility index (Phi) is 5.46. The Bertz CT molecular complexity index is 481. The lowest BCUT2D eigenvalue weighted by molar-refractivity contribution is 0.0368. The first-order chi connectivity index (χ1) is 9.81. The van der Waals surface area contributed by atoms with E-state index in [1.807, 2.05) is 0 Å². The third kappa shape index (κ3) is 5.06. The SMILES string of the molecule is CO[C@@H]1CCCC[C@H]1NC1(Cl)C=CN=C(CP(=O)(O)O)N1. The van der Waals surface area contributed by atoms with Gasteiger partial charge >= 0.3 is 7.60 Å². The monoisotopic (exact) mass is 337 g/mol. The zero-order chi connectivity index (χ0) is 15.5. The van der Waals surface area contributed by atoms with E-state index in [-0.39, 0.29) is 18.0 Å². The predicted molar refractivity (Wildman–Crippen MR) is 81.4 cm³/mol. The van der Waals surface area contributed by atoms with Gasteiger partial charge in [0.2, 0.25) is 0 Å². The van der Waals surface area contributed by atoms with Gasteiger partial charge < -0.3 is 19.8 Å². The number of aliphatic imine (C=N–C) groups is 1. The van der Waals surface area contributed by atoms with E-state index in [1.54, 1.807) is 13.2 Å². The minimum Gasteiger partial charge on any atom is -0.380 e. The standard InChI is InChI=1S/C12H21ClN3O4P/c1-20-10-5-3-2-4-9(10)15-12(13)6-7-14-11(16-12)8-21(17,18)19/h6-7,9-10,15H,2-5,8H2,1H3,(H,14,16)(H2,17,18,19)/t9-,10-,12?/m1/s1. The Morgan fingerprint density at radius 2 is 2.29 bits per heavy atom. The van der Waals surface area contributed by atoms with Gasteiger partial charge in [-0.05, 0) is 18.9 Å². The number of nitrogens with zero attached hydrogens (tertiary/aromatic N) is 1. The summed E-state index contributed by atoms with van der Waals surface area (Å²) in [6.07, 6.45) is 6.81. The molecule has 2 aliphatic rings. The quantitative estimate of drug-likeness (QED) is 0.340. The molecule has 0 amide bonds. The number of rotatable bonds is 5. The Labute approximate surface area is 129 Å². The van der Waals surface area contributed by atoms with Gasteiger partial charge in [0.25, 0.3) is 0 Å². The Morgan fingerprint density at radius 3 is 2.95 bits per heavy atom. The summed E-state index contributed by atoms with van der Waals surface area (Å²) in [5.41, 5.74) is 0. The van der Waals surface area contributed by atoms with Crippen LogP contribution in [0.15, 0.2) is 17.3 Å². The van der Waals surface area contributed by atoms with Crippen LogP contribution in [0.25, 0.3) is 0 Å². The van der Waals surface area contributed by atoms with E-state index < -0.39 is 18.9 Å². The molecular weight excluding hydrogens is 317 g/mol. The van der Waals surface area contributed by atoms with Crippen molar-refractivity contribution < 1.29 is 19.1 Å². The fourth-order valence-corrected chi connectivity index (χ4v) is 3.54. The van der Waals surface area contributed by atoms with Crippen molar-refractivity contribution in [3.8, 4) is 0 Å². The highest BCUT2D eigenvalue weighted by atomic mass is 35.5. The van der Waals surface area contributed by atoms with Gasteiger partial charge in [-0.25, -0.2) is 4.99 Å². The van der Waals surface area contributed by atoms with E-state index in [2.05, 4.69) is 15.6 Å². The van der Waals surface area contributed by atoms with Crippen LogP contribution in [-0.2, 0) is 9.30 Å². The second-order valence-corrected chi connectivity index (χ2v) is 7.60. The summed E-state index contributed by atoms with van der Waals surface area (Å²) < 4.78 is 16.5. The number of hydrogen-bond acceptors (Lipinski definition) is 5. The summed E-state index contributed by atoms with van der Waals surface area (Å²) in [5.74, 6) is 0.165. The molecule has 3 atom stereocenters. The van der Waals surface area contributed by atoms with Gasteiger partial charge in [-0.1, -0.05) is 24.4 Å². The van der Waals surface area contributed by atoms with Crippen LogP contribution in [0.3, 0.4) is 0 Å². The van der Waals surface area contributed by atoms with E-state index in [9.17, 15) is 4.57 Å². The Balaban J connectivity index is 2.01. The van der Waals surface area contributed by atoms with Crippen LogP contribution in [-0.4, -0.2) is 46.2 Å². The van der Waals surface area contributed by atoms with Crippen molar-refractivity contribution in [2.75, 3.05) is 13.3 Å². The molecule has 0 saturated heterocycles. The van der Waals surface area contributed by atoms with Crippen LogP contribution < -0.4 is 10.6 Å². The van der Waals surface area contributed by atoms with E-state index in [1.165, 1.54) is 6.20 Å². The van der Waals surface area contributed by atoms with E-state index >= 15 is 0 Å². The van der Waals surface area contributed by atoms with E-state index in [4.69, 9.17) is 26.1 Å². The topological polar surface area (TPSA) is 103 Å². The summed E-state index contributed by atoms with van der Waals surface area (Å²) in [7, 11) is -2.51. The zero-order valence-electron chi connectivity index (χ0n) is 11.8. The number of hydrogen-bond donors (Lipinski definition) is 4. The highest BCUT2D eigenvalue weighted by Gasteiger charge is 2.35. The maximum absolute atomic E-state index is 11.1. The van der Waals surface area contributed by atoms with Gasteiger partial charge in [-0.3, -0.25) is 9.88 Å². The number of nitrogens with one attached hydrogen (secondary N) is 2. The lowest BCUT2D eigenvalue weighted by atomic mass is 9.92. The zero-order valence-corrected chi connectivity index (χ0v) is 13.5. The first-order valence-electron chi connectivity index (χ1n) is 6.88. The molecule has 21 heavy (non-hydrogen) atoms. The summed E-state index contributed by atoms with van der Waals surface area (Å²) in [5, 5.41) is 5.00. The summed E-state index contributed by atoms with van der Waals surface area (Å²) >= 11 is 6.46. The molecule has 1 aliphatic heterocycles. The van der Waals surface area contributed by atoms with Crippen molar-refractivity contribution in [2.24, 2.45) is 4.99 Å². The van der Waals surface area contributed by atoms with E-state index in [0.717, 1.165) is 25.7 Å². The fraction of sp³-hybridized carbons (Fsp3) is 0.750. The first kappa shape index (κ1) is 16.9. The van der Waals surface area contributed by atoms with Crippen LogP contribution in [0.5, 0.6) is 0 Å². The van der Waals surface area contributed by atoms with Gasteiger partial charge in [0.1, 0.15) is 12.0 Å². The van der Waals surface area contributed by atoms with Gasteiger partial charge in [-0.15, -0.1) is 0 Å². The largest absolute Gasteiger partial charge is 0.380 e. The highest BCUT2D eigenvalue weighted by molar-refractivity contribution is 7.52. The molecule has 7 nitrogen and oxygen atoms in total. The Morgan fingerprint density at radius 1 is 1.57 bits per heavy atom. The minimum absolute atomic E-state index is 0.0767. The molecule has 4 N–H and O–H groups in total. The normalized spacial score (nSPS) is 33.4. The molecule has 1 heterocycles. The van der Waals surface area contributed by atoms with Crippen molar-refractivity contribution in [3.63, 3.8) is 0 Å². The summed E-state index contributed by atoms with van der Waals surface area (Å²) in [6.45, 7) is 0. The molecule has 120 valence electrons. The van der Waals surface area contributed by atoms with Gasteiger partial charge in [0.05, 0.1) is 6.10 Å². The lowest BCUT2D eigenvalue weighted by Gasteiger charge is -2.38. The average Bonchev–Trinajstić information content (AvgIpc) is 2.37. The van der Waals surface area contributed by atoms with Crippen molar-refractivity contribution in [1.82, 2.24) is 10.6 Å². The average molecular weight is 338 g/mol. The molecule has 0 aromatic carbocycles. The third-order valence-corrected chi connectivity index (χ3v) is 4.66. The van der Waals surface area contributed by atoms with Crippen LogP contribution in [0.2, 0.25) is 0 Å². The second-order valence-electron chi connectivity index (χ2n) is 5.36. The minimum atomic E-state index is -4.19. The van der Waals surface area contributed by atoms with Crippen molar-refractivity contribution in [2.45, 2.75) is 43.0 Å². The fourth-order valence-electron chi connectivity index (χ4n) is 2.69. The van der Waals surface area contributed by atoms with Crippen LogP contribution >= 0.6 is 19.2 Å². The molecule has 0 aromatic rings. The molecule has 0 radical (unpaired) electrons. The first-order valence-corrected chi connectivity index (χ1v) is 9.05. The molecule has 1 unspecified atom stereocenters. The van der Waals surface area contributed by atoms with Crippen LogP contribution in [0, 0.1) is 0 Å². The molecule has 9 heteroatoms. The highest BCUT2D eigenvalue weighted by Crippen LogP contribution is 2.34. The molecule has 1 saturated carbocycles. The van der Waals surface area contributed by atoms with Gasteiger partial charge in [0.15, 0.2) is 5.12 Å². The lowest BCUT2D eigenvalue weighted by Crippen LogP contribution is -2.61. The van der Waals surface area contributed by atoms with Gasteiger partial charge in [-0.2, -0.15) is 0 Å². The molecule has 0 aromatic heterocycles. The second kappa shape index (κ2) is 6.77. The van der Waals surface area contributed by atoms with Crippen molar-refractivity contribution in [1.29, 1.82) is 0 Å². The van der Waals surface area contributed by atoms with Gasteiger partial charge in [0, 0.05) is 19.4 Å². The maximum atomic E-state index is 11.1. The number of methoxy groups -OCH3 is 1. The number of alkyl halides is 1. The number of halogens is 1. The molecule has 1 fully saturated rings. The molecule has 1 aliphatic carbocycles. The molecular formula is C12H21ClN3O4P. The van der Waals surface area contributed by atoms with Crippen molar-refractivity contribution >= 4 is 25.0 Å². The Hall–Kier alpha value is -0.430. The maximum Gasteiger partial charge on any atom is 0.333 e.